The van der Waals surface area contributed by atoms with Gasteiger partial charge in [-0.05, 0) is 111 Å². The molecule has 0 bridgehead atoms. The van der Waals surface area contributed by atoms with Crippen molar-refractivity contribution >= 4 is 0 Å². The molecule has 1 aliphatic heterocycles. The van der Waals surface area contributed by atoms with E-state index in [0.717, 1.165) is 51.6 Å². The minimum atomic E-state index is -0.412. The Balaban J connectivity index is 1.54. The third-order valence-electron chi connectivity index (χ3n) is 13.6. The highest BCUT2D eigenvalue weighted by Gasteiger charge is 2.75. The van der Waals surface area contributed by atoms with Crippen LogP contribution in [0.15, 0.2) is 0 Å². The zero-order valence-corrected chi connectivity index (χ0v) is 23.2. The summed E-state index contributed by atoms with van der Waals surface area (Å²) in [6.07, 6.45) is 6.78. The lowest BCUT2D eigenvalue weighted by Gasteiger charge is -2.73. The summed E-state index contributed by atoms with van der Waals surface area (Å²) in [4.78, 5) is 0. The van der Waals surface area contributed by atoms with Gasteiger partial charge in [-0.25, -0.2) is 0 Å². The predicted octanol–water partition coefficient (Wildman–Crippen LogP) is 5.57. The zero-order chi connectivity index (χ0) is 25.1. The number of aliphatic hydroxyl groups excluding tert-OH is 3. The van der Waals surface area contributed by atoms with Crippen LogP contribution in [0, 0.1) is 50.7 Å². The Morgan fingerprint density at radius 2 is 1.44 bits per heavy atom. The van der Waals surface area contributed by atoms with Gasteiger partial charge in [-0.15, -0.1) is 0 Å². The van der Waals surface area contributed by atoms with Gasteiger partial charge in [0.05, 0.1) is 30.5 Å². The van der Waals surface area contributed by atoms with Gasteiger partial charge in [-0.3, -0.25) is 0 Å². The number of fused-ring (bicyclic) bond motifs is 5. The molecule has 1 saturated heterocycles. The lowest BCUT2D eigenvalue weighted by atomic mass is 9.32. The van der Waals surface area contributed by atoms with Gasteiger partial charge in [0.1, 0.15) is 0 Å². The van der Waals surface area contributed by atoms with Crippen LogP contribution in [0.5, 0.6) is 0 Å². The maximum Gasteiger partial charge on any atom is 0.0626 e. The summed E-state index contributed by atoms with van der Waals surface area (Å²) in [6, 6.07) is 0. The van der Waals surface area contributed by atoms with Crippen molar-refractivity contribution in [1.29, 1.82) is 0 Å². The van der Waals surface area contributed by atoms with Gasteiger partial charge in [0, 0.05) is 5.41 Å². The van der Waals surface area contributed by atoms with Crippen LogP contribution in [0.2, 0.25) is 0 Å². The molecule has 4 nitrogen and oxygen atoms in total. The molecule has 0 aromatic carbocycles. The largest absolute Gasteiger partial charge is 0.393 e. The minimum Gasteiger partial charge on any atom is -0.393 e. The summed E-state index contributed by atoms with van der Waals surface area (Å²) in [7, 11) is 0. The number of hydrogen-bond acceptors (Lipinski definition) is 4. The first-order chi connectivity index (χ1) is 15.5. The van der Waals surface area contributed by atoms with Crippen LogP contribution >= 0.6 is 0 Å². The number of hydrogen-bond donors (Lipinski definition) is 3. The fraction of sp³-hybridized carbons (Fsp3) is 1.00. The molecule has 0 aromatic heterocycles. The lowest BCUT2D eigenvalue weighted by molar-refractivity contribution is -0.293. The van der Waals surface area contributed by atoms with Crippen LogP contribution in [0.3, 0.4) is 0 Å². The number of rotatable bonds is 1. The molecule has 3 N–H and O–H groups in total. The Bertz CT molecular complexity index is 813. The average molecular weight is 477 g/mol. The summed E-state index contributed by atoms with van der Waals surface area (Å²) >= 11 is 0. The molecule has 5 rings (SSSR count). The van der Waals surface area contributed by atoms with Crippen molar-refractivity contribution in [2.75, 3.05) is 6.61 Å². The highest BCUT2D eigenvalue weighted by atomic mass is 16.5. The average Bonchev–Trinajstić information content (AvgIpc) is 3.01. The molecular weight excluding hydrogens is 424 g/mol. The van der Waals surface area contributed by atoms with Crippen molar-refractivity contribution < 1.29 is 20.1 Å². The first-order valence-corrected chi connectivity index (χ1v) is 14.2. The minimum absolute atomic E-state index is 0.0308. The van der Waals surface area contributed by atoms with Gasteiger partial charge in [0.2, 0.25) is 0 Å². The van der Waals surface area contributed by atoms with Crippen LogP contribution in [0.1, 0.15) is 107 Å². The van der Waals surface area contributed by atoms with E-state index in [1.165, 1.54) is 6.42 Å². The van der Waals surface area contributed by atoms with Gasteiger partial charge in [0.15, 0.2) is 0 Å². The molecule has 34 heavy (non-hydrogen) atoms. The maximum absolute atomic E-state index is 12.1. The molecule has 4 heteroatoms. The second-order valence-corrected chi connectivity index (χ2v) is 15.5. The molecule has 196 valence electrons. The Labute approximate surface area is 208 Å². The van der Waals surface area contributed by atoms with Gasteiger partial charge in [-0.2, -0.15) is 0 Å². The van der Waals surface area contributed by atoms with Gasteiger partial charge >= 0.3 is 0 Å². The van der Waals surface area contributed by atoms with Crippen molar-refractivity contribution in [3.63, 3.8) is 0 Å². The van der Waals surface area contributed by atoms with E-state index in [4.69, 9.17) is 4.74 Å². The summed E-state index contributed by atoms with van der Waals surface area (Å²) in [5.41, 5.74) is -0.651. The molecule has 5 fully saturated rings. The third-order valence-corrected chi connectivity index (χ3v) is 13.6. The summed E-state index contributed by atoms with van der Waals surface area (Å²) in [5.74, 6) is 1.39. The van der Waals surface area contributed by atoms with E-state index in [0.29, 0.717) is 17.8 Å². The predicted molar refractivity (Wildman–Crippen MR) is 135 cm³/mol. The first-order valence-electron chi connectivity index (χ1n) is 14.2. The summed E-state index contributed by atoms with van der Waals surface area (Å²) < 4.78 is 6.31. The fourth-order valence-electron chi connectivity index (χ4n) is 11.4. The third kappa shape index (κ3) is 2.98. The monoisotopic (exact) mass is 476 g/mol. The Morgan fingerprint density at radius 1 is 0.765 bits per heavy atom. The molecule has 5 aliphatic rings. The highest BCUT2D eigenvalue weighted by Crippen LogP contribution is 2.79. The van der Waals surface area contributed by atoms with Crippen molar-refractivity contribution in [2.24, 2.45) is 50.7 Å². The summed E-state index contributed by atoms with van der Waals surface area (Å²) in [5, 5.41) is 34.8. The Hall–Kier alpha value is -0.160. The van der Waals surface area contributed by atoms with Crippen LogP contribution in [-0.4, -0.2) is 45.8 Å². The van der Waals surface area contributed by atoms with Crippen LogP contribution in [-0.2, 0) is 4.74 Å². The molecule has 0 radical (unpaired) electrons. The summed E-state index contributed by atoms with van der Waals surface area (Å²) in [6.45, 7) is 19.2. The number of ether oxygens (including phenoxy) is 1. The van der Waals surface area contributed by atoms with Crippen molar-refractivity contribution in [3.8, 4) is 0 Å². The second kappa shape index (κ2) is 7.45. The highest BCUT2D eigenvalue weighted by molar-refractivity contribution is 5.24. The Kier molecular flexibility index (Phi) is 5.59. The Morgan fingerprint density at radius 3 is 2.06 bits per heavy atom. The molecule has 11 atom stereocenters. The molecular formula is C30H52O4. The molecule has 0 amide bonds. The topological polar surface area (TPSA) is 69.9 Å². The normalized spacial score (nSPS) is 58.5. The van der Waals surface area contributed by atoms with E-state index < -0.39 is 6.10 Å². The molecule has 1 unspecified atom stereocenters. The smallest absolute Gasteiger partial charge is 0.0626 e. The fourth-order valence-corrected chi connectivity index (χ4v) is 11.4. The van der Waals surface area contributed by atoms with E-state index in [-0.39, 0.29) is 50.8 Å². The van der Waals surface area contributed by atoms with E-state index in [1.54, 1.807) is 0 Å². The molecule has 0 aromatic rings. The molecule has 0 spiro atoms. The van der Waals surface area contributed by atoms with Gasteiger partial charge < -0.3 is 20.1 Å². The van der Waals surface area contributed by atoms with Crippen LogP contribution < -0.4 is 0 Å². The van der Waals surface area contributed by atoms with Crippen molar-refractivity contribution in [2.45, 2.75) is 131 Å². The molecule has 4 aliphatic carbocycles. The zero-order valence-electron chi connectivity index (χ0n) is 23.2. The molecule has 4 saturated carbocycles. The van der Waals surface area contributed by atoms with Gasteiger partial charge in [0.25, 0.3) is 0 Å². The standard InChI is InChI=1S/C30H52O4/c1-25(2)12-9-18(17-34-25)19-10-14-29(7)28(6)16-20(31)24-26(3,4)22(32)11-13-27(24,5)21(28)15-23(33)30(19,29)8/h18-24,31-33H,9-17H2,1-8H3/t18?,19-,20+,21-,22+,23-,24+,27-,28-,29+,30+/m1/s1. The van der Waals surface area contributed by atoms with Crippen molar-refractivity contribution in [3.05, 3.63) is 0 Å². The number of aliphatic hydroxyl groups is 3. The molecule has 1 heterocycles. The van der Waals surface area contributed by atoms with E-state index in [2.05, 4.69) is 55.4 Å². The van der Waals surface area contributed by atoms with E-state index in [1.807, 2.05) is 0 Å². The SMILES string of the molecule is CC1(C)CCC([C@H]2CC[C@]3(C)[C@]2(C)[C@H](O)C[C@@H]2[C@@]4(C)CC[C@H](O)C(C)(C)[C@@H]4[C@@H](O)C[C@]23C)CO1. The lowest BCUT2D eigenvalue weighted by Crippen LogP contribution is -2.71. The van der Waals surface area contributed by atoms with Crippen LogP contribution in [0.4, 0.5) is 0 Å². The van der Waals surface area contributed by atoms with Gasteiger partial charge in [-0.1, -0.05) is 41.5 Å². The first kappa shape index (κ1) is 25.5. The van der Waals surface area contributed by atoms with E-state index in [9.17, 15) is 15.3 Å². The van der Waals surface area contributed by atoms with E-state index >= 15 is 0 Å². The van der Waals surface area contributed by atoms with Crippen molar-refractivity contribution in [1.82, 2.24) is 0 Å². The maximum atomic E-state index is 12.1. The second-order valence-electron chi connectivity index (χ2n) is 15.5. The quantitative estimate of drug-likeness (QED) is 0.463. The van der Waals surface area contributed by atoms with Crippen LogP contribution in [0.25, 0.3) is 0 Å².